The van der Waals surface area contributed by atoms with E-state index >= 15 is 0 Å². The number of methoxy groups -OCH3 is 1. The molecular weight excluding hydrogens is 254 g/mol. The highest BCUT2D eigenvalue weighted by Crippen LogP contribution is 2.44. The Hall–Kier alpha value is -1.06. The molecule has 1 heterocycles. The highest BCUT2D eigenvalue weighted by molar-refractivity contribution is 7.17. The van der Waals surface area contributed by atoms with E-state index in [2.05, 4.69) is 23.6 Å². The number of ether oxygens (including phenoxy) is 1. The van der Waals surface area contributed by atoms with Gasteiger partial charge in [0.05, 0.1) is 11.8 Å². The van der Waals surface area contributed by atoms with E-state index in [0.29, 0.717) is 0 Å². The van der Waals surface area contributed by atoms with Gasteiger partial charge in [0, 0.05) is 17.3 Å². The first kappa shape index (κ1) is 12.9. The molecule has 0 spiro atoms. The van der Waals surface area contributed by atoms with Crippen LogP contribution < -0.4 is 10.5 Å². The SMILES string of the molecule is COc1ccc(C2(CN)CCCCC2)c2ccsc12. The smallest absolute Gasteiger partial charge is 0.136 e. The second-order valence-corrected chi connectivity index (χ2v) is 6.44. The molecule has 0 bridgehead atoms. The van der Waals surface area contributed by atoms with Crippen LogP contribution in [0.2, 0.25) is 0 Å². The Balaban J connectivity index is 2.16. The molecule has 19 heavy (non-hydrogen) atoms. The molecule has 0 unspecified atom stereocenters. The molecule has 1 fully saturated rings. The van der Waals surface area contributed by atoms with Crippen molar-refractivity contribution in [2.75, 3.05) is 13.7 Å². The van der Waals surface area contributed by atoms with Crippen LogP contribution in [0.15, 0.2) is 23.6 Å². The summed E-state index contributed by atoms with van der Waals surface area (Å²) in [5, 5.41) is 3.50. The lowest BCUT2D eigenvalue weighted by molar-refractivity contribution is 0.303. The Labute approximate surface area is 118 Å². The van der Waals surface area contributed by atoms with Crippen LogP contribution in [0.25, 0.3) is 10.1 Å². The summed E-state index contributed by atoms with van der Waals surface area (Å²) in [6.45, 7) is 0.754. The Bertz CT molecular complexity index is 569. The van der Waals surface area contributed by atoms with Gasteiger partial charge in [0.25, 0.3) is 0 Å². The van der Waals surface area contributed by atoms with Crippen LogP contribution in [-0.4, -0.2) is 13.7 Å². The molecule has 0 amide bonds. The van der Waals surface area contributed by atoms with Crippen molar-refractivity contribution in [2.24, 2.45) is 5.73 Å². The van der Waals surface area contributed by atoms with Crippen LogP contribution >= 0.6 is 11.3 Å². The highest BCUT2D eigenvalue weighted by Gasteiger charge is 2.34. The minimum Gasteiger partial charge on any atom is -0.495 e. The van der Waals surface area contributed by atoms with Crippen molar-refractivity contribution < 1.29 is 4.74 Å². The largest absolute Gasteiger partial charge is 0.495 e. The van der Waals surface area contributed by atoms with Crippen LogP contribution in [0.1, 0.15) is 37.7 Å². The van der Waals surface area contributed by atoms with Crippen molar-refractivity contribution >= 4 is 21.4 Å². The minimum atomic E-state index is 0.184. The fraction of sp³-hybridized carbons (Fsp3) is 0.500. The second kappa shape index (κ2) is 5.14. The maximum Gasteiger partial charge on any atom is 0.136 e. The standard InChI is InChI=1S/C16H21NOS/c1-18-14-6-5-13(12-7-10-19-15(12)14)16(11-17)8-3-2-4-9-16/h5-7,10H,2-4,8-9,11,17H2,1H3. The van der Waals surface area contributed by atoms with Gasteiger partial charge in [0.15, 0.2) is 0 Å². The van der Waals surface area contributed by atoms with Crippen LogP contribution in [0.4, 0.5) is 0 Å². The molecule has 1 aromatic carbocycles. The predicted molar refractivity (Wildman–Crippen MR) is 82.2 cm³/mol. The zero-order chi connectivity index (χ0) is 13.3. The molecule has 0 atom stereocenters. The van der Waals surface area contributed by atoms with E-state index in [1.807, 2.05) is 0 Å². The van der Waals surface area contributed by atoms with E-state index in [1.54, 1.807) is 18.4 Å². The van der Waals surface area contributed by atoms with E-state index in [-0.39, 0.29) is 5.41 Å². The third-order valence-corrected chi connectivity index (χ3v) is 5.50. The number of hydrogen-bond acceptors (Lipinski definition) is 3. The Kier molecular flexibility index (Phi) is 3.50. The van der Waals surface area contributed by atoms with Crippen molar-refractivity contribution in [3.8, 4) is 5.75 Å². The lowest BCUT2D eigenvalue weighted by Gasteiger charge is -2.37. The van der Waals surface area contributed by atoms with E-state index in [1.165, 1.54) is 47.8 Å². The monoisotopic (exact) mass is 275 g/mol. The number of nitrogens with two attached hydrogens (primary N) is 1. The molecular formula is C16H21NOS. The van der Waals surface area contributed by atoms with Crippen molar-refractivity contribution in [2.45, 2.75) is 37.5 Å². The molecule has 0 aliphatic heterocycles. The van der Waals surface area contributed by atoms with E-state index in [9.17, 15) is 0 Å². The van der Waals surface area contributed by atoms with Gasteiger partial charge in [-0.1, -0.05) is 25.3 Å². The lowest BCUT2D eigenvalue weighted by atomic mass is 9.68. The van der Waals surface area contributed by atoms with Crippen molar-refractivity contribution in [1.82, 2.24) is 0 Å². The molecule has 1 saturated carbocycles. The fourth-order valence-electron chi connectivity index (χ4n) is 3.47. The topological polar surface area (TPSA) is 35.2 Å². The Morgan fingerprint density at radius 3 is 2.68 bits per heavy atom. The zero-order valence-corrected chi connectivity index (χ0v) is 12.3. The Morgan fingerprint density at radius 1 is 1.21 bits per heavy atom. The molecule has 1 aliphatic rings. The van der Waals surface area contributed by atoms with Gasteiger partial charge in [-0.3, -0.25) is 0 Å². The van der Waals surface area contributed by atoms with Gasteiger partial charge < -0.3 is 10.5 Å². The molecule has 3 heteroatoms. The number of hydrogen-bond donors (Lipinski definition) is 1. The van der Waals surface area contributed by atoms with Crippen LogP contribution in [-0.2, 0) is 5.41 Å². The molecule has 0 saturated heterocycles. The Morgan fingerprint density at radius 2 is 2.00 bits per heavy atom. The first-order chi connectivity index (χ1) is 9.30. The predicted octanol–water partition coefficient (Wildman–Crippen LogP) is 4.07. The van der Waals surface area contributed by atoms with Crippen LogP contribution in [0, 0.1) is 0 Å². The average Bonchev–Trinajstić information content (AvgIpc) is 2.96. The van der Waals surface area contributed by atoms with E-state index in [4.69, 9.17) is 10.5 Å². The summed E-state index contributed by atoms with van der Waals surface area (Å²) < 4.78 is 6.74. The van der Waals surface area contributed by atoms with Crippen LogP contribution in [0.5, 0.6) is 5.75 Å². The summed E-state index contributed by atoms with van der Waals surface area (Å²) in [6.07, 6.45) is 6.40. The number of thiophene rings is 1. The lowest BCUT2D eigenvalue weighted by Crippen LogP contribution is -2.37. The second-order valence-electron chi connectivity index (χ2n) is 5.52. The van der Waals surface area contributed by atoms with Crippen molar-refractivity contribution in [3.63, 3.8) is 0 Å². The zero-order valence-electron chi connectivity index (χ0n) is 11.4. The normalized spacial score (nSPS) is 18.6. The minimum absolute atomic E-state index is 0.184. The van der Waals surface area contributed by atoms with Gasteiger partial charge in [0.2, 0.25) is 0 Å². The molecule has 1 aromatic heterocycles. The molecule has 0 radical (unpaired) electrons. The summed E-state index contributed by atoms with van der Waals surface area (Å²) in [4.78, 5) is 0. The maximum atomic E-state index is 6.17. The van der Waals surface area contributed by atoms with Gasteiger partial charge in [-0.15, -0.1) is 11.3 Å². The fourth-order valence-corrected chi connectivity index (χ4v) is 4.38. The number of benzene rings is 1. The average molecular weight is 275 g/mol. The molecule has 2 N–H and O–H groups in total. The summed E-state index contributed by atoms with van der Waals surface area (Å²) in [7, 11) is 1.74. The molecule has 3 rings (SSSR count). The molecule has 1 aliphatic carbocycles. The molecule has 102 valence electrons. The molecule has 2 aromatic rings. The summed E-state index contributed by atoms with van der Waals surface area (Å²) in [6, 6.07) is 6.58. The molecule has 2 nitrogen and oxygen atoms in total. The van der Waals surface area contributed by atoms with E-state index < -0.39 is 0 Å². The van der Waals surface area contributed by atoms with E-state index in [0.717, 1.165) is 12.3 Å². The third kappa shape index (κ3) is 2.05. The summed E-state index contributed by atoms with van der Waals surface area (Å²) >= 11 is 1.76. The maximum absolute atomic E-state index is 6.17. The van der Waals surface area contributed by atoms with Gasteiger partial charge in [-0.05, 0) is 35.9 Å². The highest BCUT2D eigenvalue weighted by atomic mass is 32.1. The number of fused-ring (bicyclic) bond motifs is 1. The first-order valence-electron chi connectivity index (χ1n) is 7.05. The van der Waals surface area contributed by atoms with Gasteiger partial charge >= 0.3 is 0 Å². The quantitative estimate of drug-likeness (QED) is 0.916. The van der Waals surface area contributed by atoms with Gasteiger partial charge in [-0.2, -0.15) is 0 Å². The van der Waals surface area contributed by atoms with Crippen molar-refractivity contribution in [3.05, 3.63) is 29.1 Å². The number of rotatable bonds is 3. The summed E-state index contributed by atoms with van der Waals surface area (Å²) in [5.74, 6) is 0.983. The third-order valence-electron chi connectivity index (χ3n) is 4.57. The van der Waals surface area contributed by atoms with Gasteiger partial charge in [-0.25, -0.2) is 0 Å². The summed E-state index contributed by atoms with van der Waals surface area (Å²) in [5.41, 5.74) is 7.79. The first-order valence-corrected chi connectivity index (χ1v) is 7.93. The van der Waals surface area contributed by atoms with Crippen molar-refractivity contribution in [1.29, 1.82) is 0 Å². The van der Waals surface area contributed by atoms with Crippen LogP contribution in [0.3, 0.4) is 0 Å². The van der Waals surface area contributed by atoms with Gasteiger partial charge in [0.1, 0.15) is 5.75 Å².